The van der Waals surface area contributed by atoms with Gasteiger partial charge in [-0.2, -0.15) is 0 Å². The summed E-state index contributed by atoms with van der Waals surface area (Å²) in [5.41, 5.74) is 1.87. The summed E-state index contributed by atoms with van der Waals surface area (Å²) < 4.78 is 27.9. The number of aryl methyl sites for hydroxylation is 1. The van der Waals surface area contributed by atoms with Gasteiger partial charge in [0.15, 0.2) is 0 Å². The number of carbonyl (C=O) groups is 1. The molecule has 0 atom stereocenters. The Hall–Kier alpha value is -2.71. The molecule has 1 aromatic heterocycles. The zero-order valence-corrected chi connectivity index (χ0v) is 16.8. The molecule has 0 saturated carbocycles. The summed E-state index contributed by atoms with van der Waals surface area (Å²) in [5, 5.41) is 0. The number of carbonyl (C=O) groups excluding carboxylic acids is 1. The molecule has 1 amide bonds. The molecule has 28 heavy (non-hydrogen) atoms. The Kier molecular flexibility index (Phi) is 4.68. The number of nitrogens with zero attached hydrogens (tertiary/aromatic N) is 2. The van der Waals surface area contributed by atoms with Crippen molar-refractivity contribution in [1.82, 2.24) is 8.87 Å². The Labute approximate surface area is 166 Å². The van der Waals surface area contributed by atoms with Crippen LogP contribution in [0.2, 0.25) is 0 Å². The largest absolute Gasteiger partial charge is 0.307 e. The Bertz CT molecular complexity index is 1210. The number of benzene rings is 2. The molecule has 2 heterocycles. The number of rotatable bonds is 5. The van der Waals surface area contributed by atoms with Crippen LogP contribution in [0.1, 0.15) is 22.2 Å². The van der Waals surface area contributed by atoms with Crippen LogP contribution in [0.25, 0.3) is 11.3 Å². The lowest BCUT2D eigenvalue weighted by Gasteiger charge is -2.16. The molecule has 0 bridgehead atoms. The molecule has 144 valence electrons. The van der Waals surface area contributed by atoms with Gasteiger partial charge in [0, 0.05) is 11.4 Å². The van der Waals surface area contributed by atoms with Crippen molar-refractivity contribution in [3.63, 3.8) is 0 Å². The highest BCUT2D eigenvalue weighted by molar-refractivity contribution is 7.90. The standard InChI is InChI=1S/C20H18N2O4S2/c1-2-16-18(14-8-4-3-5-9-14)21(20(24)27-16)12-13-22-19(23)15-10-6-7-11-17(15)28(22,25)26/h3-11H,2,12-13H2,1H3. The van der Waals surface area contributed by atoms with E-state index in [0.29, 0.717) is 6.42 Å². The average Bonchev–Trinajstić information content (AvgIpc) is 3.13. The summed E-state index contributed by atoms with van der Waals surface area (Å²) in [6.45, 7) is 2.00. The van der Waals surface area contributed by atoms with Crippen LogP contribution < -0.4 is 4.87 Å². The van der Waals surface area contributed by atoms with Crippen LogP contribution in [0.5, 0.6) is 0 Å². The molecule has 4 rings (SSSR count). The van der Waals surface area contributed by atoms with Crippen LogP contribution in [-0.2, 0) is 23.0 Å². The van der Waals surface area contributed by atoms with Gasteiger partial charge in [-0.15, -0.1) is 0 Å². The van der Waals surface area contributed by atoms with Crippen LogP contribution in [0.3, 0.4) is 0 Å². The minimum atomic E-state index is -3.88. The van der Waals surface area contributed by atoms with Crippen molar-refractivity contribution in [2.24, 2.45) is 0 Å². The van der Waals surface area contributed by atoms with E-state index >= 15 is 0 Å². The zero-order valence-electron chi connectivity index (χ0n) is 15.2. The molecule has 6 nitrogen and oxygen atoms in total. The lowest BCUT2D eigenvalue weighted by molar-refractivity contribution is 0.0868. The van der Waals surface area contributed by atoms with E-state index in [1.54, 1.807) is 16.7 Å². The summed E-state index contributed by atoms with van der Waals surface area (Å²) >= 11 is 1.16. The SMILES string of the molecule is CCc1sc(=O)n(CCN2C(=O)c3ccccc3S2(=O)=O)c1-c1ccccc1. The quantitative estimate of drug-likeness (QED) is 0.643. The van der Waals surface area contributed by atoms with E-state index < -0.39 is 15.9 Å². The number of hydrogen-bond acceptors (Lipinski definition) is 5. The van der Waals surface area contributed by atoms with Crippen molar-refractivity contribution in [1.29, 1.82) is 0 Å². The smallest absolute Gasteiger partial charge is 0.297 e. The molecular formula is C20H18N2O4S2. The highest BCUT2D eigenvalue weighted by atomic mass is 32.2. The first kappa shape index (κ1) is 18.6. The van der Waals surface area contributed by atoms with Crippen LogP contribution in [0.15, 0.2) is 64.3 Å². The second kappa shape index (κ2) is 7.03. The molecule has 0 radical (unpaired) electrons. The number of aromatic nitrogens is 1. The van der Waals surface area contributed by atoms with E-state index in [4.69, 9.17) is 0 Å². The van der Waals surface area contributed by atoms with E-state index in [-0.39, 0.29) is 28.4 Å². The van der Waals surface area contributed by atoms with Gasteiger partial charge >= 0.3 is 4.87 Å². The van der Waals surface area contributed by atoms with Gasteiger partial charge in [-0.25, -0.2) is 12.7 Å². The first-order valence-electron chi connectivity index (χ1n) is 8.89. The lowest BCUT2D eigenvalue weighted by atomic mass is 10.1. The van der Waals surface area contributed by atoms with Gasteiger partial charge in [0.2, 0.25) is 0 Å². The molecule has 0 spiro atoms. The Morgan fingerprint density at radius 3 is 2.29 bits per heavy atom. The monoisotopic (exact) mass is 414 g/mol. The van der Waals surface area contributed by atoms with Gasteiger partial charge in [0.1, 0.15) is 4.90 Å². The van der Waals surface area contributed by atoms with E-state index in [1.807, 2.05) is 37.3 Å². The second-order valence-electron chi connectivity index (χ2n) is 6.39. The summed E-state index contributed by atoms with van der Waals surface area (Å²) in [7, 11) is -3.88. The summed E-state index contributed by atoms with van der Waals surface area (Å²) in [5.74, 6) is -0.546. The maximum atomic E-state index is 12.7. The number of sulfonamides is 1. The van der Waals surface area contributed by atoms with Crippen molar-refractivity contribution in [2.45, 2.75) is 24.8 Å². The second-order valence-corrected chi connectivity index (χ2v) is 9.27. The predicted octanol–water partition coefficient (Wildman–Crippen LogP) is 2.98. The van der Waals surface area contributed by atoms with Crippen molar-refractivity contribution in [3.8, 4) is 11.3 Å². The summed E-state index contributed by atoms with van der Waals surface area (Å²) in [6.07, 6.45) is 0.698. The minimum absolute atomic E-state index is 0.0233. The van der Waals surface area contributed by atoms with Gasteiger partial charge in [-0.05, 0) is 24.1 Å². The molecule has 0 unspecified atom stereocenters. The number of hydrogen-bond donors (Lipinski definition) is 0. The van der Waals surface area contributed by atoms with E-state index in [1.165, 1.54) is 12.1 Å². The van der Waals surface area contributed by atoms with E-state index in [0.717, 1.165) is 31.8 Å². The van der Waals surface area contributed by atoms with Crippen molar-refractivity contribution < 1.29 is 13.2 Å². The molecule has 8 heteroatoms. The average molecular weight is 415 g/mol. The molecule has 0 N–H and O–H groups in total. The van der Waals surface area contributed by atoms with E-state index in [2.05, 4.69) is 0 Å². The van der Waals surface area contributed by atoms with Crippen molar-refractivity contribution >= 4 is 27.3 Å². The third-order valence-corrected chi connectivity index (χ3v) is 7.74. The fourth-order valence-electron chi connectivity index (χ4n) is 3.45. The molecule has 3 aromatic rings. The molecule has 0 fully saturated rings. The van der Waals surface area contributed by atoms with Gasteiger partial charge in [0.05, 0.1) is 17.8 Å². The van der Waals surface area contributed by atoms with Crippen LogP contribution in [-0.4, -0.2) is 29.7 Å². The molecule has 1 aliphatic rings. The number of thiazole rings is 1. The summed E-state index contributed by atoms with van der Waals surface area (Å²) in [6, 6.07) is 15.7. The third kappa shape index (κ3) is 2.89. The normalized spacial score (nSPS) is 15.0. The first-order valence-corrected chi connectivity index (χ1v) is 11.1. The van der Waals surface area contributed by atoms with E-state index in [9.17, 15) is 18.0 Å². The zero-order chi connectivity index (χ0) is 19.9. The summed E-state index contributed by atoms with van der Waals surface area (Å²) in [4.78, 5) is 26.0. The molecule has 1 aliphatic heterocycles. The molecular weight excluding hydrogens is 396 g/mol. The van der Waals surface area contributed by atoms with Crippen LogP contribution in [0, 0.1) is 0 Å². The Morgan fingerprint density at radius 2 is 1.61 bits per heavy atom. The van der Waals surface area contributed by atoms with Gasteiger partial charge in [-0.1, -0.05) is 60.7 Å². The lowest BCUT2D eigenvalue weighted by Crippen LogP contribution is -2.34. The third-order valence-electron chi connectivity index (χ3n) is 4.77. The highest BCUT2D eigenvalue weighted by Gasteiger charge is 2.40. The highest BCUT2D eigenvalue weighted by Crippen LogP contribution is 2.31. The van der Waals surface area contributed by atoms with Crippen LogP contribution in [0.4, 0.5) is 0 Å². The van der Waals surface area contributed by atoms with Crippen molar-refractivity contribution in [2.75, 3.05) is 6.54 Å². The van der Waals surface area contributed by atoms with Crippen molar-refractivity contribution in [3.05, 3.63) is 74.7 Å². The van der Waals surface area contributed by atoms with Crippen LogP contribution >= 0.6 is 11.3 Å². The molecule has 2 aromatic carbocycles. The maximum absolute atomic E-state index is 12.7. The van der Waals surface area contributed by atoms with Gasteiger partial charge in [-0.3, -0.25) is 14.2 Å². The molecule has 0 saturated heterocycles. The topological polar surface area (TPSA) is 76.5 Å². The number of amides is 1. The first-order chi connectivity index (χ1) is 13.4. The fourth-order valence-corrected chi connectivity index (χ4v) is 5.98. The fraction of sp³-hybridized carbons (Fsp3) is 0.200. The maximum Gasteiger partial charge on any atom is 0.307 e. The molecule has 0 aliphatic carbocycles. The van der Waals surface area contributed by atoms with Gasteiger partial charge < -0.3 is 0 Å². The number of fused-ring (bicyclic) bond motifs is 1. The Morgan fingerprint density at radius 1 is 0.929 bits per heavy atom. The Balaban J connectivity index is 1.70. The predicted molar refractivity (Wildman–Crippen MR) is 108 cm³/mol. The van der Waals surface area contributed by atoms with Gasteiger partial charge in [0.25, 0.3) is 15.9 Å². The minimum Gasteiger partial charge on any atom is -0.297 e.